The van der Waals surface area contributed by atoms with Gasteiger partial charge in [0, 0.05) is 16.6 Å². The van der Waals surface area contributed by atoms with E-state index in [4.69, 9.17) is 17.3 Å². The number of nitrogens with one attached hydrogen (secondary N) is 2. The molecule has 1 aromatic rings. The number of rotatable bonds is 7. The summed E-state index contributed by atoms with van der Waals surface area (Å²) < 4.78 is 0. The summed E-state index contributed by atoms with van der Waals surface area (Å²) in [5.41, 5.74) is 10.5. The van der Waals surface area contributed by atoms with Crippen molar-refractivity contribution in [3.05, 3.63) is 34.9 Å². The van der Waals surface area contributed by atoms with E-state index >= 15 is 0 Å². The SMILES string of the molecule is CC(C)SCC[C@@H](N)[C@H](O)C(=O)NNC(=O)c1cccc(Cl)c1.Cl. The summed E-state index contributed by atoms with van der Waals surface area (Å²) in [5.74, 6) is -0.530. The second-order valence-electron chi connectivity index (χ2n) is 5.27. The van der Waals surface area contributed by atoms with Crippen molar-refractivity contribution in [2.24, 2.45) is 5.73 Å². The summed E-state index contributed by atoms with van der Waals surface area (Å²) in [5, 5.41) is 10.7. The van der Waals surface area contributed by atoms with Crippen molar-refractivity contribution < 1.29 is 14.7 Å². The summed E-state index contributed by atoms with van der Waals surface area (Å²) in [7, 11) is 0. The third-order valence-electron chi connectivity index (χ3n) is 2.96. The van der Waals surface area contributed by atoms with Crippen LogP contribution in [-0.4, -0.2) is 40.1 Å². The van der Waals surface area contributed by atoms with Crippen LogP contribution in [-0.2, 0) is 4.79 Å². The summed E-state index contributed by atoms with van der Waals surface area (Å²) in [6.45, 7) is 4.12. The van der Waals surface area contributed by atoms with Crippen molar-refractivity contribution >= 4 is 47.6 Å². The zero-order valence-corrected chi connectivity index (χ0v) is 15.9. The van der Waals surface area contributed by atoms with Crippen LogP contribution in [0, 0.1) is 0 Å². The van der Waals surface area contributed by atoms with Crippen molar-refractivity contribution in [2.75, 3.05) is 5.75 Å². The number of hydrogen-bond donors (Lipinski definition) is 4. The first-order valence-electron chi connectivity index (χ1n) is 7.22. The van der Waals surface area contributed by atoms with Gasteiger partial charge in [0.25, 0.3) is 11.8 Å². The first-order chi connectivity index (χ1) is 10.8. The highest BCUT2D eigenvalue weighted by Crippen LogP contribution is 2.12. The Bertz CT molecular complexity index is 546. The van der Waals surface area contributed by atoms with Crippen LogP contribution in [0.4, 0.5) is 0 Å². The lowest BCUT2D eigenvalue weighted by molar-refractivity contribution is -0.131. The Morgan fingerprint density at radius 2 is 2.00 bits per heavy atom. The van der Waals surface area contributed by atoms with E-state index in [2.05, 4.69) is 24.7 Å². The minimum absolute atomic E-state index is 0. The molecule has 0 bridgehead atoms. The van der Waals surface area contributed by atoms with Crippen LogP contribution in [0.3, 0.4) is 0 Å². The van der Waals surface area contributed by atoms with Crippen LogP contribution in [0.1, 0.15) is 30.6 Å². The fourth-order valence-electron chi connectivity index (χ4n) is 1.69. The molecule has 0 unspecified atom stereocenters. The van der Waals surface area contributed by atoms with E-state index in [-0.39, 0.29) is 12.4 Å². The molecule has 0 aliphatic heterocycles. The van der Waals surface area contributed by atoms with E-state index in [0.29, 0.717) is 22.3 Å². The summed E-state index contributed by atoms with van der Waals surface area (Å²) in [6, 6.07) is 5.59. The van der Waals surface area contributed by atoms with Gasteiger partial charge in [-0.1, -0.05) is 31.5 Å². The Morgan fingerprint density at radius 3 is 2.58 bits per heavy atom. The zero-order chi connectivity index (χ0) is 17.4. The number of hydrogen-bond acceptors (Lipinski definition) is 5. The molecule has 0 saturated carbocycles. The Labute approximate surface area is 157 Å². The van der Waals surface area contributed by atoms with Gasteiger partial charge in [0.15, 0.2) is 0 Å². The molecule has 0 fully saturated rings. The molecule has 6 nitrogen and oxygen atoms in total. The monoisotopic (exact) mass is 395 g/mol. The van der Waals surface area contributed by atoms with Gasteiger partial charge in [-0.3, -0.25) is 20.4 Å². The Balaban J connectivity index is 0.00000529. The molecule has 24 heavy (non-hydrogen) atoms. The molecule has 2 atom stereocenters. The van der Waals surface area contributed by atoms with Crippen molar-refractivity contribution in [3.63, 3.8) is 0 Å². The normalized spacial score (nSPS) is 12.9. The molecule has 0 spiro atoms. The Hall–Kier alpha value is -0.990. The van der Waals surface area contributed by atoms with Gasteiger partial charge in [0.2, 0.25) is 0 Å². The average molecular weight is 396 g/mol. The van der Waals surface area contributed by atoms with E-state index in [1.165, 1.54) is 6.07 Å². The lowest BCUT2D eigenvalue weighted by Crippen LogP contribution is -2.52. The van der Waals surface area contributed by atoms with Crippen LogP contribution < -0.4 is 16.6 Å². The molecule has 5 N–H and O–H groups in total. The summed E-state index contributed by atoms with van der Waals surface area (Å²) in [4.78, 5) is 23.6. The number of halogens is 2. The second-order valence-corrected chi connectivity index (χ2v) is 7.39. The predicted octanol–water partition coefficient (Wildman–Crippen LogP) is 1.74. The Morgan fingerprint density at radius 1 is 1.33 bits per heavy atom. The number of carbonyl (C=O) groups is 2. The molecule has 0 radical (unpaired) electrons. The van der Waals surface area contributed by atoms with Crippen LogP contribution in [0.15, 0.2) is 24.3 Å². The molecular formula is C15H23Cl2N3O3S. The number of amides is 2. The molecule has 0 aromatic heterocycles. The van der Waals surface area contributed by atoms with Crippen LogP contribution in [0.25, 0.3) is 0 Å². The molecular weight excluding hydrogens is 373 g/mol. The van der Waals surface area contributed by atoms with Crippen molar-refractivity contribution in [1.82, 2.24) is 10.9 Å². The molecule has 0 heterocycles. The van der Waals surface area contributed by atoms with Crippen molar-refractivity contribution in [1.29, 1.82) is 0 Å². The molecule has 9 heteroatoms. The highest BCUT2D eigenvalue weighted by atomic mass is 35.5. The van der Waals surface area contributed by atoms with E-state index in [0.717, 1.165) is 5.75 Å². The number of aliphatic hydroxyl groups excluding tert-OH is 1. The minimum atomic E-state index is -1.39. The summed E-state index contributed by atoms with van der Waals surface area (Å²) in [6.07, 6.45) is -0.887. The van der Waals surface area contributed by atoms with Crippen molar-refractivity contribution in [2.45, 2.75) is 37.7 Å². The molecule has 0 aliphatic carbocycles. The molecule has 1 aromatic carbocycles. The summed E-state index contributed by atoms with van der Waals surface area (Å²) >= 11 is 7.49. The number of hydrazine groups is 1. The molecule has 0 saturated heterocycles. The maximum absolute atomic E-state index is 11.8. The largest absolute Gasteiger partial charge is 0.382 e. The van der Waals surface area contributed by atoms with Gasteiger partial charge in [-0.05, 0) is 35.6 Å². The fraction of sp³-hybridized carbons (Fsp3) is 0.467. The van der Waals surface area contributed by atoms with E-state index in [1.807, 2.05) is 0 Å². The quantitative estimate of drug-likeness (QED) is 0.526. The van der Waals surface area contributed by atoms with Crippen LogP contribution in [0.5, 0.6) is 0 Å². The van der Waals surface area contributed by atoms with Gasteiger partial charge in [0.1, 0.15) is 6.10 Å². The molecule has 0 aliphatic rings. The maximum Gasteiger partial charge on any atom is 0.269 e. The third-order valence-corrected chi connectivity index (χ3v) is 4.34. The number of aliphatic hydroxyl groups is 1. The van der Waals surface area contributed by atoms with Crippen molar-refractivity contribution in [3.8, 4) is 0 Å². The van der Waals surface area contributed by atoms with E-state index in [1.54, 1.807) is 30.0 Å². The number of benzene rings is 1. The highest BCUT2D eigenvalue weighted by Gasteiger charge is 2.23. The van der Waals surface area contributed by atoms with Gasteiger partial charge in [-0.25, -0.2) is 0 Å². The van der Waals surface area contributed by atoms with Crippen LogP contribution >= 0.6 is 35.8 Å². The minimum Gasteiger partial charge on any atom is -0.382 e. The molecule has 1 rings (SSSR count). The van der Waals surface area contributed by atoms with Gasteiger partial charge >= 0.3 is 0 Å². The second kappa shape index (κ2) is 11.5. The van der Waals surface area contributed by atoms with E-state index < -0.39 is 24.0 Å². The van der Waals surface area contributed by atoms with Gasteiger partial charge in [-0.15, -0.1) is 12.4 Å². The van der Waals surface area contributed by atoms with Crippen LogP contribution in [0.2, 0.25) is 5.02 Å². The topological polar surface area (TPSA) is 104 Å². The standard InChI is InChI=1S/C15H22ClN3O3S.ClH/c1-9(2)23-7-6-12(17)13(20)15(22)19-18-14(21)10-4-3-5-11(16)8-10;/h3-5,8-9,12-13,20H,6-7,17H2,1-2H3,(H,18,21)(H,19,22);1H/t12-,13+;/m1./s1. The number of nitrogens with two attached hydrogens (primary N) is 1. The van der Waals surface area contributed by atoms with E-state index in [9.17, 15) is 14.7 Å². The number of thioether (sulfide) groups is 1. The molecule has 136 valence electrons. The lowest BCUT2D eigenvalue weighted by atomic mass is 10.1. The first kappa shape index (κ1) is 23.0. The molecule has 2 amide bonds. The highest BCUT2D eigenvalue weighted by molar-refractivity contribution is 7.99. The third kappa shape index (κ3) is 8.21. The Kier molecular flexibility index (Phi) is 11.1. The number of carbonyl (C=O) groups excluding carboxylic acids is 2. The maximum atomic E-state index is 11.8. The smallest absolute Gasteiger partial charge is 0.269 e. The van der Waals surface area contributed by atoms with Gasteiger partial charge in [-0.2, -0.15) is 11.8 Å². The van der Waals surface area contributed by atoms with Gasteiger partial charge in [0.05, 0.1) is 0 Å². The fourth-order valence-corrected chi connectivity index (χ4v) is 2.76. The predicted molar refractivity (Wildman–Crippen MR) is 101 cm³/mol. The van der Waals surface area contributed by atoms with Gasteiger partial charge < -0.3 is 10.8 Å². The zero-order valence-electron chi connectivity index (χ0n) is 13.5. The first-order valence-corrected chi connectivity index (χ1v) is 8.65. The lowest BCUT2D eigenvalue weighted by Gasteiger charge is -2.18. The average Bonchev–Trinajstić information content (AvgIpc) is 2.50.